The second kappa shape index (κ2) is 5.88. The second-order valence-corrected chi connectivity index (χ2v) is 5.93. The van der Waals surface area contributed by atoms with Gasteiger partial charge < -0.3 is 10.4 Å². The van der Waals surface area contributed by atoms with E-state index in [4.69, 9.17) is 5.11 Å². The molecule has 2 rings (SSSR count). The largest absolute Gasteiger partial charge is 0.478 e. The molecular formula is C14H14N2O3S. The Hall–Kier alpha value is -2.13. The summed E-state index contributed by atoms with van der Waals surface area (Å²) < 4.78 is 0. The van der Waals surface area contributed by atoms with Crippen molar-refractivity contribution < 1.29 is 14.7 Å². The third-order valence-electron chi connectivity index (χ3n) is 3.24. The average molecular weight is 290 g/mol. The Bertz CT molecular complexity index is 625. The first-order chi connectivity index (χ1) is 9.51. The standard InChI is InChI=1S/C14H14N2O3S/c1-8-2-3-9-10(7-15)14(20-11(9)6-8)16-12(17)4-5-13(18)19/h4-5,8H,2-3,6H2,1H3,(H,16,17)(H,18,19)/b5-4-/t8-/m0/s1. The molecule has 0 bridgehead atoms. The fraction of sp³-hybridized carbons (Fsp3) is 0.357. The molecule has 6 heteroatoms. The highest BCUT2D eigenvalue weighted by atomic mass is 32.1. The van der Waals surface area contributed by atoms with Crippen LogP contribution in [0.1, 0.15) is 29.3 Å². The monoisotopic (exact) mass is 290 g/mol. The lowest BCUT2D eigenvalue weighted by Gasteiger charge is -2.17. The molecule has 5 nitrogen and oxygen atoms in total. The van der Waals surface area contributed by atoms with Gasteiger partial charge in [0.1, 0.15) is 11.1 Å². The summed E-state index contributed by atoms with van der Waals surface area (Å²) in [6.45, 7) is 2.17. The normalized spacial score (nSPS) is 17.5. The van der Waals surface area contributed by atoms with Crippen LogP contribution in [0.4, 0.5) is 5.00 Å². The van der Waals surface area contributed by atoms with Crippen molar-refractivity contribution in [3.63, 3.8) is 0 Å². The Balaban J connectivity index is 2.23. The van der Waals surface area contributed by atoms with Gasteiger partial charge in [-0.25, -0.2) is 4.79 Å². The number of amides is 1. The van der Waals surface area contributed by atoms with E-state index in [2.05, 4.69) is 18.3 Å². The highest BCUT2D eigenvalue weighted by molar-refractivity contribution is 7.16. The molecule has 0 spiro atoms. The maximum absolute atomic E-state index is 11.6. The van der Waals surface area contributed by atoms with Gasteiger partial charge in [0.05, 0.1) is 5.56 Å². The molecule has 20 heavy (non-hydrogen) atoms. The molecule has 0 radical (unpaired) electrons. The van der Waals surface area contributed by atoms with E-state index in [0.717, 1.165) is 41.9 Å². The van der Waals surface area contributed by atoms with Gasteiger partial charge >= 0.3 is 5.97 Å². The minimum Gasteiger partial charge on any atom is -0.478 e. The number of nitrogens with zero attached hydrogens (tertiary/aromatic N) is 1. The maximum atomic E-state index is 11.6. The molecule has 1 amide bonds. The molecule has 104 valence electrons. The van der Waals surface area contributed by atoms with Gasteiger partial charge in [0.2, 0.25) is 5.91 Å². The number of carbonyl (C=O) groups is 2. The molecule has 1 aliphatic carbocycles. The molecule has 1 aromatic heterocycles. The Kier molecular flexibility index (Phi) is 4.20. The van der Waals surface area contributed by atoms with Crippen LogP contribution in [0, 0.1) is 17.2 Å². The summed E-state index contributed by atoms with van der Waals surface area (Å²) >= 11 is 1.42. The zero-order valence-corrected chi connectivity index (χ0v) is 11.8. The quantitative estimate of drug-likeness (QED) is 0.836. The molecular weight excluding hydrogens is 276 g/mol. The first kappa shape index (κ1) is 14.3. The van der Waals surface area contributed by atoms with E-state index in [-0.39, 0.29) is 0 Å². The molecule has 0 aromatic carbocycles. The van der Waals surface area contributed by atoms with Crippen LogP contribution in [-0.4, -0.2) is 17.0 Å². The Morgan fingerprint density at radius 3 is 2.90 bits per heavy atom. The van der Waals surface area contributed by atoms with E-state index in [0.29, 0.717) is 16.5 Å². The Labute approximate surface area is 120 Å². The van der Waals surface area contributed by atoms with Gasteiger partial charge in [0, 0.05) is 17.0 Å². The highest BCUT2D eigenvalue weighted by Gasteiger charge is 2.24. The molecule has 0 saturated heterocycles. The van der Waals surface area contributed by atoms with Crippen molar-refractivity contribution in [2.45, 2.75) is 26.2 Å². The van der Waals surface area contributed by atoms with E-state index < -0.39 is 11.9 Å². The van der Waals surface area contributed by atoms with E-state index in [1.165, 1.54) is 11.3 Å². The molecule has 0 aliphatic heterocycles. The number of carboxylic acids is 1. The van der Waals surface area contributed by atoms with Crippen LogP contribution in [0.3, 0.4) is 0 Å². The average Bonchev–Trinajstić information content (AvgIpc) is 2.72. The van der Waals surface area contributed by atoms with Crippen LogP contribution in [0.5, 0.6) is 0 Å². The predicted molar refractivity (Wildman–Crippen MR) is 75.6 cm³/mol. The maximum Gasteiger partial charge on any atom is 0.328 e. The second-order valence-electron chi connectivity index (χ2n) is 4.83. The van der Waals surface area contributed by atoms with Gasteiger partial charge in [-0.15, -0.1) is 11.3 Å². The first-order valence-corrected chi connectivity index (χ1v) is 7.09. The number of carboxylic acid groups (broad SMARTS) is 1. The molecule has 1 heterocycles. The van der Waals surface area contributed by atoms with Crippen molar-refractivity contribution in [3.8, 4) is 6.07 Å². The van der Waals surface area contributed by atoms with Gasteiger partial charge in [-0.05, 0) is 30.7 Å². The molecule has 1 atom stereocenters. The van der Waals surface area contributed by atoms with E-state index in [9.17, 15) is 14.9 Å². The van der Waals surface area contributed by atoms with Crippen LogP contribution >= 0.6 is 11.3 Å². The fourth-order valence-electron chi connectivity index (χ4n) is 2.26. The van der Waals surface area contributed by atoms with Gasteiger partial charge in [-0.1, -0.05) is 6.92 Å². The summed E-state index contributed by atoms with van der Waals surface area (Å²) in [5.41, 5.74) is 1.56. The minimum atomic E-state index is -1.18. The summed E-state index contributed by atoms with van der Waals surface area (Å²) in [6.07, 6.45) is 4.55. The number of hydrogen-bond donors (Lipinski definition) is 2. The number of hydrogen-bond acceptors (Lipinski definition) is 4. The van der Waals surface area contributed by atoms with Gasteiger partial charge in [0.15, 0.2) is 0 Å². The summed E-state index contributed by atoms with van der Waals surface area (Å²) in [5.74, 6) is -1.13. The lowest BCUT2D eigenvalue weighted by Crippen LogP contribution is -2.10. The fourth-order valence-corrected chi connectivity index (χ4v) is 3.62. The number of rotatable bonds is 3. The first-order valence-electron chi connectivity index (χ1n) is 6.28. The van der Waals surface area contributed by atoms with Crippen molar-refractivity contribution in [2.24, 2.45) is 5.92 Å². The van der Waals surface area contributed by atoms with Gasteiger partial charge in [0.25, 0.3) is 0 Å². The number of aliphatic carboxylic acids is 1. The third-order valence-corrected chi connectivity index (χ3v) is 4.41. The Morgan fingerprint density at radius 2 is 2.25 bits per heavy atom. The van der Waals surface area contributed by atoms with Crippen LogP contribution < -0.4 is 5.32 Å². The number of carbonyl (C=O) groups excluding carboxylic acids is 1. The predicted octanol–water partition coefficient (Wildman–Crippen LogP) is 2.32. The van der Waals surface area contributed by atoms with Gasteiger partial charge in [-0.2, -0.15) is 5.26 Å². The van der Waals surface area contributed by atoms with E-state index >= 15 is 0 Å². The van der Waals surface area contributed by atoms with E-state index in [1.807, 2.05) is 0 Å². The van der Waals surface area contributed by atoms with Crippen molar-refractivity contribution >= 4 is 28.2 Å². The van der Waals surface area contributed by atoms with Crippen LogP contribution in [-0.2, 0) is 22.4 Å². The lowest BCUT2D eigenvalue weighted by atomic mass is 9.89. The van der Waals surface area contributed by atoms with Crippen LogP contribution in [0.2, 0.25) is 0 Å². The molecule has 0 fully saturated rings. The summed E-state index contributed by atoms with van der Waals surface area (Å²) in [4.78, 5) is 23.1. The lowest BCUT2D eigenvalue weighted by molar-refractivity contribution is -0.131. The van der Waals surface area contributed by atoms with Crippen molar-refractivity contribution in [2.75, 3.05) is 5.32 Å². The Morgan fingerprint density at radius 1 is 1.50 bits per heavy atom. The van der Waals surface area contributed by atoms with E-state index in [1.54, 1.807) is 0 Å². The number of fused-ring (bicyclic) bond motifs is 1. The molecule has 1 aliphatic rings. The molecule has 0 saturated carbocycles. The summed E-state index contributed by atoms with van der Waals surface area (Å²) in [5, 5.41) is 20.8. The van der Waals surface area contributed by atoms with Crippen molar-refractivity contribution in [1.29, 1.82) is 5.26 Å². The number of nitrogens with one attached hydrogen (secondary N) is 1. The van der Waals surface area contributed by atoms with Crippen LogP contribution in [0.15, 0.2) is 12.2 Å². The number of nitriles is 1. The number of thiophene rings is 1. The SMILES string of the molecule is C[C@H]1CCc2c(sc(NC(=O)/C=C\C(=O)O)c2C#N)C1. The van der Waals surface area contributed by atoms with Crippen LogP contribution in [0.25, 0.3) is 0 Å². The summed E-state index contributed by atoms with van der Waals surface area (Å²) in [7, 11) is 0. The zero-order valence-electron chi connectivity index (χ0n) is 11.0. The van der Waals surface area contributed by atoms with Crippen molar-refractivity contribution in [1.82, 2.24) is 0 Å². The molecule has 2 N–H and O–H groups in total. The molecule has 0 unspecified atom stereocenters. The third kappa shape index (κ3) is 3.06. The highest BCUT2D eigenvalue weighted by Crippen LogP contribution is 2.39. The van der Waals surface area contributed by atoms with Gasteiger partial charge in [-0.3, -0.25) is 4.79 Å². The zero-order chi connectivity index (χ0) is 14.7. The topological polar surface area (TPSA) is 90.2 Å². The molecule has 1 aromatic rings. The smallest absolute Gasteiger partial charge is 0.328 e. The van der Waals surface area contributed by atoms with Crippen molar-refractivity contribution in [3.05, 3.63) is 28.2 Å². The number of anilines is 1. The summed E-state index contributed by atoms with van der Waals surface area (Å²) in [6, 6.07) is 2.14. The minimum absolute atomic E-state index is 0.520.